The molecule has 0 aromatic heterocycles. The van der Waals surface area contributed by atoms with Gasteiger partial charge in [-0.1, -0.05) is 43.3 Å². The zero-order chi connectivity index (χ0) is 25.2. The van der Waals surface area contributed by atoms with E-state index in [-0.39, 0.29) is 25.2 Å². The fourth-order valence-electron chi connectivity index (χ4n) is 4.43. The zero-order valence-electron chi connectivity index (χ0n) is 20.8. The van der Waals surface area contributed by atoms with Crippen LogP contribution in [0.15, 0.2) is 54.3 Å². The van der Waals surface area contributed by atoms with Crippen LogP contribution < -0.4 is 10.6 Å². The molecule has 4 amide bonds. The van der Waals surface area contributed by atoms with Crippen molar-refractivity contribution in [1.82, 2.24) is 25.3 Å². The van der Waals surface area contributed by atoms with Crippen molar-refractivity contribution in [2.75, 3.05) is 52.4 Å². The maximum Gasteiger partial charge on any atom is 0.338 e. The molecule has 0 bridgehead atoms. The van der Waals surface area contributed by atoms with Gasteiger partial charge in [0.2, 0.25) is 0 Å². The Morgan fingerprint density at radius 1 is 1.17 bits per heavy atom. The molecule has 0 saturated carbocycles. The maximum atomic E-state index is 13.2. The van der Waals surface area contributed by atoms with Crippen molar-refractivity contribution in [3.63, 3.8) is 0 Å². The summed E-state index contributed by atoms with van der Waals surface area (Å²) in [5.41, 5.74) is 1.86. The number of nitrogens with one attached hydrogen (secondary N) is 2. The minimum absolute atomic E-state index is 0.0467. The highest BCUT2D eigenvalue weighted by molar-refractivity contribution is 5.95. The van der Waals surface area contributed by atoms with Gasteiger partial charge in [-0.25, -0.2) is 14.4 Å². The average Bonchev–Trinajstić information content (AvgIpc) is 3.10. The van der Waals surface area contributed by atoms with E-state index in [1.165, 1.54) is 0 Å². The number of nitrogens with zero attached hydrogens (tertiary/aromatic N) is 3. The molecule has 1 aromatic rings. The lowest BCUT2D eigenvalue weighted by atomic mass is 9.94. The zero-order valence-corrected chi connectivity index (χ0v) is 20.8. The number of rotatable bonds is 9. The Morgan fingerprint density at radius 2 is 1.94 bits per heavy atom. The molecule has 190 valence electrons. The molecule has 2 aliphatic heterocycles. The third-order valence-electron chi connectivity index (χ3n) is 6.15. The van der Waals surface area contributed by atoms with E-state index in [0.717, 1.165) is 24.9 Å². The first-order valence-corrected chi connectivity index (χ1v) is 12.4. The number of hydrogen-bond acceptors (Lipinski definition) is 5. The van der Waals surface area contributed by atoms with Gasteiger partial charge in [0.05, 0.1) is 18.2 Å². The van der Waals surface area contributed by atoms with Gasteiger partial charge in [0.25, 0.3) is 0 Å². The summed E-state index contributed by atoms with van der Waals surface area (Å²) in [5, 5.41) is 5.92. The molecule has 2 aliphatic rings. The molecule has 0 aliphatic carbocycles. The van der Waals surface area contributed by atoms with Gasteiger partial charge in [0.15, 0.2) is 0 Å². The molecule has 1 unspecified atom stereocenters. The molecule has 1 aromatic carbocycles. The molecule has 3 rings (SSSR count). The minimum atomic E-state index is -0.609. The molecule has 9 heteroatoms. The van der Waals surface area contributed by atoms with Crippen LogP contribution in [0.3, 0.4) is 0 Å². The summed E-state index contributed by atoms with van der Waals surface area (Å²) in [6.45, 7) is 11.8. The van der Waals surface area contributed by atoms with Gasteiger partial charge in [-0.2, -0.15) is 0 Å². The number of hydrogen-bond donors (Lipinski definition) is 2. The lowest BCUT2D eigenvalue weighted by Gasteiger charge is -2.38. The highest BCUT2D eigenvalue weighted by Crippen LogP contribution is 2.32. The van der Waals surface area contributed by atoms with Crippen molar-refractivity contribution in [1.29, 1.82) is 0 Å². The van der Waals surface area contributed by atoms with Gasteiger partial charge in [-0.3, -0.25) is 9.80 Å². The summed E-state index contributed by atoms with van der Waals surface area (Å²) in [5.74, 6) is -0.444. The highest BCUT2D eigenvalue weighted by atomic mass is 16.5. The summed E-state index contributed by atoms with van der Waals surface area (Å²) in [6, 6.07) is 8.51. The average molecular weight is 484 g/mol. The van der Waals surface area contributed by atoms with Crippen LogP contribution in [0.1, 0.15) is 38.3 Å². The van der Waals surface area contributed by atoms with Crippen molar-refractivity contribution >= 4 is 18.0 Å². The summed E-state index contributed by atoms with van der Waals surface area (Å²) in [4.78, 5) is 44.4. The van der Waals surface area contributed by atoms with Crippen LogP contribution in [-0.2, 0) is 9.53 Å². The molecule has 2 N–H and O–H groups in total. The molecular formula is C26H37N5O4. The Hall–Kier alpha value is -3.33. The molecule has 2 heterocycles. The first-order valence-electron chi connectivity index (χ1n) is 12.4. The summed E-state index contributed by atoms with van der Waals surface area (Å²) >= 11 is 0. The van der Waals surface area contributed by atoms with Crippen molar-refractivity contribution in [3.8, 4) is 0 Å². The Bertz CT molecular complexity index is 933. The van der Waals surface area contributed by atoms with Crippen LogP contribution in [0.4, 0.5) is 9.59 Å². The molecule has 0 radical (unpaired) electrons. The molecular weight excluding hydrogens is 446 g/mol. The number of amides is 4. The van der Waals surface area contributed by atoms with E-state index < -0.39 is 12.0 Å². The second-order valence-corrected chi connectivity index (χ2v) is 8.62. The van der Waals surface area contributed by atoms with E-state index in [0.29, 0.717) is 44.0 Å². The normalized spacial score (nSPS) is 19.1. The van der Waals surface area contributed by atoms with Gasteiger partial charge in [-0.15, -0.1) is 6.58 Å². The Kier molecular flexibility index (Phi) is 9.72. The molecule has 1 atom stereocenters. The number of benzene rings is 1. The van der Waals surface area contributed by atoms with E-state index in [9.17, 15) is 14.4 Å². The van der Waals surface area contributed by atoms with Gasteiger partial charge in [0.1, 0.15) is 0 Å². The van der Waals surface area contributed by atoms with Gasteiger partial charge >= 0.3 is 18.0 Å². The van der Waals surface area contributed by atoms with Crippen molar-refractivity contribution in [2.45, 2.75) is 32.7 Å². The Balaban J connectivity index is 1.92. The second-order valence-electron chi connectivity index (χ2n) is 8.62. The lowest BCUT2D eigenvalue weighted by Crippen LogP contribution is -2.51. The van der Waals surface area contributed by atoms with Gasteiger partial charge < -0.3 is 20.3 Å². The van der Waals surface area contributed by atoms with Gasteiger partial charge in [0, 0.05) is 51.5 Å². The van der Waals surface area contributed by atoms with Gasteiger partial charge in [-0.05, 0) is 25.3 Å². The standard InChI is InChI=1S/C26H37N5O4/c1-4-13-27-25(33)30-16-10-15-29(17-18-30)19-21-22(24(32)35-6-3)23(20-11-8-7-9-12-20)28-26(34)31(21)14-5-2/h5,7-9,11-12,23H,2,4,6,10,13-19H2,1,3H3,(H,27,33)(H,28,34). The largest absolute Gasteiger partial charge is 0.463 e. The number of esters is 1. The summed E-state index contributed by atoms with van der Waals surface area (Å²) in [6.07, 6.45) is 3.34. The fraction of sp³-hybridized carbons (Fsp3) is 0.500. The number of carbonyl (C=O) groups is 3. The smallest absolute Gasteiger partial charge is 0.338 e. The fourth-order valence-corrected chi connectivity index (χ4v) is 4.43. The monoisotopic (exact) mass is 483 g/mol. The third-order valence-corrected chi connectivity index (χ3v) is 6.15. The minimum Gasteiger partial charge on any atom is -0.463 e. The van der Waals surface area contributed by atoms with Crippen LogP contribution in [0.25, 0.3) is 0 Å². The van der Waals surface area contributed by atoms with Crippen molar-refractivity contribution in [2.24, 2.45) is 0 Å². The predicted molar refractivity (Wildman–Crippen MR) is 135 cm³/mol. The molecule has 1 saturated heterocycles. The summed E-state index contributed by atoms with van der Waals surface area (Å²) in [7, 11) is 0. The van der Waals surface area contributed by atoms with E-state index in [1.54, 1.807) is 17.9 Å². The lowest BCUT2D eigenvalue weighted by molar-refractivity contribution is -0.139. The number of carbonyl (C=O) groups excluding carboxylic acids is 3. The van der Waals surface area contributed by atoms with Crippen LogP contribution in [-0.4, -0.2) is 85.2 Å². The Morgan fingerprint density at radius 3 is 2.63 bits per heavy atom. The number of urea groups is 2. The SMILES string of the molecule is C=CCN1C(=O)NC(c2ccccc2)C(C(=O)OCC)=C1CN1CCCN(C(=O)NCCC)CC1. The van der Waals surface area contributed by atoms with E-state index in [2.05, 4.69) is 22.1 Å². The first kappa shape index (κ1) is 26.3. The summed E-state index contributed by atoms with van der Waals surface area (Å²) < 4.78 is 5.44. The maximum absolute atomic E-state index is 13.2. The molecule has 9 nitrogen and oxygen atoms in total. The highest BCUT2D eigenvalue weighted by Gasteiger charge is 2.38. The van der Waals surface area contributed by atoms with E-state index in [1.807, 2.05) is 42.2 Å². The Labute approximate surface area is 207 Å². The first-order chi connectivity index (χ1) is 17.0. The van der Waals surface area contributed by atoms with E-state index in [4.69, 9.17) is 4.74 Å². The molecule has 1 fully saturated rings. The van der Waals surface area contributed by atoms with Crippen molar-refractivity contribution in [3.05, 3.63) is 59.8 Å². The van der Waals surface area contributed by atoms with E-state index >= 15 is 0 Å². The van der Waals surface area contributed by atoms with Crippen LogP contribution in [0.5, 0.6) is 0 Å². The predicted octanol–water partition coefficient (Wildman–Crippen LogP) is 2.88. The van der Waals surface area contributed by atoms with Crippen LogP contribution in [0, 0.1) is 0 Å². The number of ether oxygens (including phenoxy) is 1. The molecule has 0 spiro atoms. The third kappa shape index (κ3) is 6.63. The van der Waals surface area contributed by atoms with Crippen LogP contribution >= 0.6 is 0 Å². The van der Waals surface area contributed by atoms with Crippen molar-refractivity contribution < 1.29 is 19.1 Å². The quantitative estimate of drug-likeness (QED) is 0.416. The molecule has 35 heavy (non-hydrogen) atoms. The topological polar surface area (TPSA) is 94.2 Å². The van der Waals surface area contributed by atoms with Crippen LogP contribution in [0.2, 0.25) is 0 Å². The second kappa shape index (κ2) is 12.9.